The van der Waals surface area contributed by atoms with Crippen molar-refractivity contribution in [1.29, 1.82) is 0 Å². The summed E-state index contributed by atoms with van der Waals surface area (Å²) < 4.78 is 0.668. The zero-order valence-corrected chi connectivity index (χ0v) is 18.2. The minimum atomic E-state index is 0.0451. The summed E-state index contributed by atoms with van der Waals surface area (Å²) >= 11 is 6.75. The van der Waals surface area contributed by atoms with E-state index in [1.807, 2.05) is 13.1 Å². The Labute approximate surface area is 182 Å². The lowest BCUT2D eigenvalue weighted by Gasteiger charge is -2.36. The van der Waals surface area contributed by atoms with E-state index < -0.39 is 0 Å². The summed E-state index contributed by atoms with van der Waals surface area (Å²) in [5.41, 5.74) is 2.71. The van der Waals surface area contributed by atoms with E-state index in [0.717, 1.165) is 31.1 Å². The van der Waals surface area contributed by atoms with Crippen LogP contribution in [0.25, 0.3) is 0 Å². The molecule has 0 radical (unpaired) electrons. The number of hydrogen-bond acceptors (Lipinski definition) is 4. The topological polar surface area (TPSA) is 28.0 Å². The number of benzene rings is 2. The number of likely N-dealkylation sites (N-methyl/N-ethyl adjacent to an activating group) is 1. The molecule has 0 bridgehead atoms. The number of carbonyl (C=O) groups excluding carboxylic acids is 1. The largest absolute Gasteiger partial charge is 0.365 e. The van der Waals surface area contributed by atoms with Crippen molar-refractivity contribution in [2.24, 2.45) is 0 Å². The predicted molar refractivity (Wildman–Crippen MR) is 123 cm³/mol. The number of nitrogens with zero attached hydrogens (tertiary/aromatic N) is 2. The summed E-state index contributed by atoms with van der Waals surface area (Å²) in [6, 6.07) is 21.9. The maximum atomic E-state index is 12.5. The fourth-order valence-corrected chi connectivity index (χ4v) is 5.50. The Morgan fingerprint density at radius 1 is 1.03 bits per heavy atom. The number of thiocarbonyl (C=S) groups is 1. The SMILES string of the molecule is CCN1C(=O)/C(=C\N2CC[NH+](C(c3ccccc3)c3ccccc3)CC2)SC1=S. The van der Waals surface area contributed by atoms with Crippen LogP contribution in [0.15, 0.2) is 71.8 Å². The van der Waals surface area contributed by atoms with Crippen LogP contribution in [0, 0.1) is 0 Å². The second kappa shape index (κ2) is 9.11. The Morgan fingerprint density at radius 3 is 2.07 bits per heavy atom. The molecule has 2 heterocycles. The van der Waals surface area contributed by atoms with Gasteiger partial charge in [-0.3, -0.25) is 9.69 Å². The molecule has 0 aliphatic carbocycles. The monoisotopic (exact) mass is 424 g/mol. The summed E-state index contributed by atoms with van der Waals surface area (Å²) in [5, 5.41) is 0. The number of amides is 1. The lowest BCUT2D eigenvalue weighted by atomic mass is 9.96. The van der Waals surface area contributed by atoms with Gasteiger partial charge in [0, 0.05) is 23.9 Å². The average Bonchev–Trinajstić information content (AvgIpc) is 3.03. The van der Waals surface area contributed by atoms with Gasteiger partial charge in [0.05, 0.1) is 31.1 Å². The van der Waals surface area contributed by atoms with Crippen molar-refractivity contribution in [3.05, 3.63) is 82.9 Å². The first-order valence-corrected chi connectivity index (χ1v) is 11.3. The molecule has 150 valence electrons. The maximum absolute atomic E-state index is 12.5. The summed E-state index contributed by atoms with van der Waals surface area (Å²) in [7, 11) is 0. The van der Waals surface area contributed by atoms with Crippen molar-refractivity contribution in [3.63, 3.8) is 0 Å². The third kappa shape index (κ3) is 4.39. The Hall–Kier alpha value is -2.15. The predicted octanol–water partition coefficient (Wildman–Crippen LogP) is 2.70. The molecule has 0 atom stereocenters. The minimum Gasteiger partial charge on any atom is -0.365 e. The Balaban J connectivity index is 1.48. The summed E-state index contributed by atoms with van der Waals surface area (Å²) in [6.07, 6.45) is 2.02. The molecule has 1 amide bonds. The highest BCUT2D eigenvalue weighted by Gasteiger charge is 2.33. The molecule has 4 nitrogen and oxygen atoms in total. The molecule has 2 fully saturated rings. The molecular formula is C23H26N3OS2+. The van der Waals surface area contributed by atoms with Crippen LogP contribution in [0.5, 0.6) is 0 Å². The van der Waals surface area contributed by atoms with Crippen LogP contribution in [-0.2, 0) is 4.79 Å². The van der Waals surface area contributed by atoms with E-state index in [0.29, 0.717) is 16.9 Å². The molecule has 6 heteroatoms. The van der Waals surface area contributed by atoms with Gasteiger partial charge in [0.1, 0.15) is 10.4 Å². The number of hydrogen-bond donors (Lipinski definition) is 1. The van der Waals surface area contributed by atoms with Gasteiger partial charge < -0.3 is 9.80 Å². The maximum Gasteiger partial charge on any atom is 0.267 e. The van der Waals surface area contributed by atoms with Crippen LogP contribution >= 0.6 is 24.0 Å². The Bertz CT molecular complexity index is 853. The molecule has 2 aromatic carbocycles. The lowest BCUT2D eigenvalue weighted by Crippen LogP contribution is -3.15. The number of carbonyl (C=O) groups is 1. The molecule has 1 N–H and O–H groups in total. The third-order valence-corrected chi connectivity index (χ3v) is 6.97. The molecule has 2 saturated heterocycles. The molecule has 2 aliphatic heterocycles. The fourth-order valence-electron chi connectivity index (χ4n) is 4.11. The normalized spacial score (nSPS) is 19.6. The molecule has 0 unspecified atom stereocenters. The molecule has 0 spiro atoms. The lowest BCUT2D eigenvalue weighted by molar-refractivity contribution is -0.929. The molecule has 2 aliphatic rings. The fraction of sp³-hybridized carbons (Fsp3) is 0.304. The van der Waals surface area contributed by atoms with E-state index in [2.05, 4.69) is 65.6 Å². The van der Waals surface area contributed by atoms with Gasteiger partial charge in [0.15, 0.2) is 0 Å². The second-order valence-corrected chi connectivity index (χ2v) is 9.04. The van der Waals surface area contributed by atoms with Gasteiger partial charge in [0.25, 0.3) is 5.91 Å². The van der Waals surface area contributed by atoms with E-state index in [4.69, 9.17) is 12.2 Å². The second-order valence-electron chi connectivity index (χ2n) is 7.36. The Morgan fingerprint density at radius 2 is 1.59 bits per heavy atom. The van der Waals surface area contributed by atoms with Crippen LogP contribution in [-0.4, -0.2) is 52.8 Å². The van der Waals surface area contributed by atoms with Gasteiger partial charge in [-0.25, -0.2) is 0 Å². The minimum absolute atomic E-state index is 0.0451. The standard InChI is InChI=1S/C23H25N3OS2/c1-2-26-22(27)20(29-23(26)28)17-24-13-15-25(16-14-24)21(18-9-5-3-6-10-18)19-11-7-4-8-12-19/h3-12,17,21H,2,13-16H2,1H3/p+1/b20-17+. The number of nitrogens with one attached hydrogen (secondary N) is 1. The van der Waals surface area contributed by atoms with Gasteiger partial charge in [-0.05, 0) is 6.92 Å². The van der Waals surface area contributed by atoms with Gasteiger partial charge in [-0.15, -0.1) is 0 Å². The van der Waals surface area contributed by atoms with Crippen molar-refractivity contribution >= 4 is 34.2 Å². The third-order valence-electron chi connectivity index (χ3n) is 5.60. The van der Waals surface area contributed by atoms with Gasteiger partial charge >= 0.3 is 0 Å². The smallest absolute Gasteiger partial charge is 0.267 e. The first-order chi connectivity index (χ1) is 14.2. The van der Waals surface area contributed by atoms with Gasteiger partial charge in [0.2, 0.25) is 0 Å². The van der Waals surface area contributed by atoms with E-state index in [1.165, 1.54) is 22.9 Å². The Kier molecular flexibility index (Phi) is 6.33. The zero-order valence-electron chi connectivity index (χ0n) is 16.6. The zero-order chi connectivity index (χ0) is 20.2. The molecule has 0 saturated carbocycles. The summed E-state index contributed by atoms with van der Waals surface area (Å²) in [5.74, 6) is 0.0451. The van der Waals surface area contributed by atoms with Crippen LogP contribution in [0.2, 0.25) is 0 Å². The van der Waals surface area contributed by atoms with E-state index in [9.17, 15) is 4.79 Å². The van der Waals surface area contributed by atoms with Crippen LogP contribution < -0.4 is 4.90 Å². The first-order valence-electron chi connectivity index (χ1n) is 10.1. The van der Waals surface area contributed by atoms with Crippen LogP contribution in [0.4, 0.5) is 0 Å². The van der Waals surface area contributed by atoms with Crippen molar-refractivity contribution in [2.45, 2.75) is 13.0 Å². The van der Waals surface area contributed by atoms with Crippen LogP contribution in [0.3, 0.4) is 0 Å². The molecule has 0 aromatic heterocycles. The molecule has 4 rings (SSSR count). The number of thioether (sulfide) groups is 1. The highest BCUT2D eigenvalue weighted by atomic mass is 32.2. The van der Waals surface area contributed by atoms with Crippen molar-refractivity contribution in [2.75, 3.05) is 32.7 Å². The molecule has 2 aromatic rings. The van der Waals surface area contributed by atoms with Gasteiger partial charge in [-0.2, -0.15) is 0 Å². The van der Waals surface area contributed by atoms with Gasteiger partial charge in [-0.1, -0.05) is 84.6 Å². The van der Waals surface area contributed by atoms with Crippen molar-refractivity contribution in [3.8, 4) is 0 Å². The van der Waals surface area contributed by atoms with E-state index >= 15 is 0 Å². The summed E-state index contributed by atoms with van der Waals surface area (Å²) in [4.78, 5) is 18.7. The quantitative estimate of drug-likeness (QED) is 0.590. The average molecular weight is 425 g/mol. The van der Waals surface area contributed by atoms with Crippen molar-refractivity contribution < 1.29 is 9.69 Å². The van der Waals surface area contributed by atoms with Crippen LogP contribution in [0.1, 0.15) is 24.1 Å². The summed E-state index contributed by atoms with van der Waals surface area (Å²) in [6.45, 7) is 6.51. The first kappa shape index (κ1) is 20.1. The van der Waals surface area contributed by atoms with E-state index in [-0.39, 0.29) is 5.91 Å². The number of piperazine rings is 1. The highest BCUT2D eigenvalue weighted by molar-refractivity contribution is 8.26. The molecular weight excluding hydrogens is 398 g/mol. The van der Waals surface area contributed by atoms with E-state index in [1.54, 1.807) is 9.80 Å². The number of quaternary nitrogens is 1. The molecule has 29 heavy (non-hydrogen) atoms. The van der Waals surface area contributed by atoms with Crippen molar-refractivity contribution in [1.82, 2.24) is 9.80 Å². The number of rotatable bonds is 5. The highest BCUT2D eigenvalue weighted by Crippen LogP contribution is 2.31.